The van der Waals surface area contributed by atoms with Crippen molar-refractivity contribution in [3.8, 4) is 0 Å². The lowest BCUT2D eigenvalue weighted by molar-refractivity contribution is 0.197. The van der Waals surface area contributed by atoms with Gasteiger partial charge in [-0.15, -0.1) is 0 Å². The number of anilines is 1. The zero-order valence-corrected chi connectivity index (χ0v) is 14.9. The number of nitrogens with zero attached hydrogens (tertiary/aromatic N) is 2. The van der Waals surface area contributed by atoms with Crippen molar-refractivity contribution < 1.29 is 0 Å². The number of pyridine rings is 1. The molecule has 0 radical (unpaired) electrons. The first-order valence-electron chi connectivity index (χ1n) is 8.46. The van der Waals surface area contributed by atoms with Gasteiger partial charge in [0.2, 0.25) is 0 Å². The van der Waals surface area contributed by atoms with Gasteiger partial charge in [0, 0.05) is 37.6 Å². The van der Waals surface area contributed by atoms with Crippen molar-refractivity contribution in [2.24, 2.45) is 0 Å². The maximum absolute atomic E-state index is 5.47. The quantitative estimate of drug-likeness (QED) is 0.836. The summed E-state index contributed by atoms with van der Waals surface area (Å²) < 4.78 is 0. The van der Waals surface area contributed by atoms with Crippen LogP contribution in [0.2, 0.25) is 0 Å². The second-order valence-corrected chi connectivity index (χ2v) is 6.69. The molecule has 0 aliphatic carbocycles. The number of para-hydroxylation sites is 1. The minimum absolute atomic E-state index is 0.439. The van der Waals surface area contributed by atoms with Crippen LogP contribution in [0.1, 0.15) is 24.1 Å². The van der Waals surface area contributed by atoms with Crippen LogP contribution in [0.15, 0.2) is 48.7 Å². The van der Waals surface area contributed by atoms with Gasteiger partial charge in [0.1, 0.15) is 0 Å². The number of hydrogen-bond donors (Lipinski definition) is 2. The van der Waals surface area contributed by atoms with Crippen LogP contribution < -0.4 is 10.6 Å². The van der Waals surface area contributed by atoms with Crippen LogP contribution in [0.4, 0.5) is 5.69 Å². The number of aromatic nitrogens is 1. The molecule has 0 unspecified atom stereocenters. The number of piperidine rings is 1. The van der Waals surface area contributed by atoms with E-state index in [1.54, 1.807) is 0 Å². The Bertz CT molecular complexity index is 666. The maximum Gasteiger partial charge on any atom is 0.171 e. The molecular weight excluding hydrogens is 316 g/mol. The number of thiocarbonyl (C=S) groups is 1. The molecule has 5 heteroatoms. The first-order chi connectivity index (χ1) is 11.7. The molecule has 3 rings (SSSR count). The molecule has 126 valence electrons. The average Bonchev–Trinajstić information content (AvgIpc) is 2.60. The summed E-state index contributed by atoms with van der Waals surface area (Å²) in [5.41, 5.74) is 3.41. The van der Waals surface area contributed by atoms with Gasteiger partial charge in [-0.2, -0.15) is 0 Å². The monoisotopic (exact) mass is 340 g/mol. The van der Waals surface area contributed by atoms with Crippen LogP contribution >= 0.6 is 12.2 Å². The van der Waals surface area contributed by atoms with Gasteiger partial charge in [-0.05, 0) is 55.7 Å². The smallest absolute Gasteiger partial charge is 0.171 e. The van der Waals surface area contributed by atoms with Crippen LogP contribution in [0.25, 0.3) is 0 Å². The van der Waals surface area contributed by atoms with Gasteiger partial charge in [0.25, 0.3) is 0 Å². The number of nitrogens with one attached hydrogen (secondary N) is 2. The SMILES string of the molecule is Cc1ccccc1NC(=S)NC1CCN(Cc2ccccn2)CC1. The maximum atomic E-state index is 5.47. The van der Waals surface area contributed by atoms with Crippen molar-refractivity contribution >= 4 is 23.0 Å². The predicted molar refractivity (Wildman–Crippen MR) is 103 cm³/mol. The van der Waals surface area contributed by atoms with Crippen molar-refractivity contribution in [3.63, 3.8) is 0 Å². The number of benzene rings is 1. The minimum atomic E-state index is 0.439. The molecule has 2 aromatic rings. The molecule has 1 fully saturated rings. The van der Waals surface area contributed by atoms with E-state index in [-0.39, 0.29) is 0 Å². The fourth-order valence-corrected chi connectivity index (χ4v) is 3.29. The van der Waals surface area contributed by atoms with Crippen LogP contribution in [0.5, 0.6) is 0 Å². The van der Waals surface area contributed by atoms with Crippen molar-refractivity contribution in [2.45, 2.75) is 32.4 Å². The van der Waals surface area contributed by atoms with E-state index in [0.717, 1.165) is 43.9 Å². The summed E-state index contributed by atoms with van der Waals surface area (Å²) in [5.74, 6) is 0. The number of likely N-dealkylation sites (tertiary alicyclic amines) is 1. The Morgan fingerprint density at radius 3 is 2.62 bits per heavy atom. The predicted octanol–water partition coefficient (Wildman–Crippen LogP) is 3.34. The lowest BCUT2D eigenvalue weighted by Gasteiger charge is -2.32. The highest BCUT2D eigenvalue weighted by molar-refractivity contribution is 7.80. The van der Waals surface area contributed by atoms with Crippen LogP contribution in [0, 0.1) is 6.92 Å². The molecule has 1 aliphatic rings. The second-order valence-electron chi connectivity index (χ2n) is 6.28. The van der Waals surface area contributed by atoms with E-state index >= 15 is 0 Å². The van der Waals surface area contributed by atoms with Gasteiger partial charge < -0.3 is 10.6 Å². The zero-order valence-electron chi connectivity index (χ0n) is 14.0. The molecule has 0 atom stereocenters. The standard InChI is InChI=1S/C19H24N4S/c1-15-6-2-3-8-18(15)22-19(24)21-16-9-12-23(13-10-16)14-17-7-4-5-11-20-17/h2-8,11,16H,9-10,12-14H2,1H3,(H2,21,22,24). The summed E-state index contributed by atoms with van der Waals surface area (Å²) in [5, 5.41) is 7.48. The van der Waals surface area contributed by atoms with Crippen molar-refractivity contribution in [3.05, 3.63) is 59.9 Å². The molecule has 0 amide bonds. The van der Waals surface area contributed by atoms with Gasteiger partial charge in [0.15, 0.2) is 5.11 Å². The summed E-state index contributed by atoms with van der Waals surface area (Å²) in [4.78, 5) is 6.86. The van der Waals surface area contributed by atoms with Crippen LogP contribution in [-0.2, 0) is 6.54 Å². The molecule has 1 aromatic carbocycles. The second kappa shape index (κ2) is 8.22. The van der Waals surface area contributed by atoms with Gasteiger partial charge >= 0.3 is 0 Å². The Kier molecular flexibility index (Phi) is 5.77. The normalized spacial score (nSPS) is 15.9. The molecule has 1 aromatic heterocycles. The molecule has 1 aliphatic heterocycles. The topological polar surface area (TPSA) is 40.2 Å². The van der Waals surface area contributed by atoms with Crippen LogP contribution in [0.3, 0.4) is 0 Å². The largest absolute Gasteiger partial charge is 0.360 e. The molecular formula is C19H24N4S. The summed E-state index contributed by atoms with van der Waals surface area (Å²) in [6.45, 7) is 5.16. The molecule has 4 nitrogen and oxygen atoms in total. The number of rotatable bonds is 4. The van der Waals surface area contributed by atoms with Gasteiger partial charge in [-0.3, -0.25) is 9.88 Å². The first-order valence-corrected chi connectivity index (χ1v) is 8.87. The number of hydrogen-bond acceptors (Lipinski definition) is 3. The summed E-state index contributed by atoms with van der Waals surface area (Å²) >= 11 is 5.47. The fraction of sp³-hybridized carbons (Fsp3) is 0.368. The third kappa shape index (κ3) is 4.76. The highest BCUT2D eigenvalue weighted by Crippen LogP contribution is 2.15. The molecule has 24 heavy (non-hydrogen) atoms. The third-order valence-corrected chi connectivity index (χ3v) is 4.65. The van der Waals surface area contributed by atoms with Gasteiger partial charge in [0.05, 0.1) is 5.69 Å². The summed E-state index contributed by atoms with van der Waals surface area (Å²) in [7, 11) is 0. The average molecular weight is 340 g/mol. The highest BCUT2D eigenvalue weighted by Gasteiger charge is 2.20. The lowest BCUT2D eigenvalue weighted by Crippen LogP contribution is -2.45. The zero-order chi connectivity index (χ0) is 16.8. The lowest BCUT2D eigenvalue weighted by atomic mass is 10.1. The minimum Gasteiger partial charge on any atom is -0.360 e. The van der Waals surface area contributed by atoms with Crippen molar-refractivity contribution in [1.29, 1.82) is 0 Å². The molecule has 2 heterocycles. The van der Waals surface area contributed by atoms with Crippen LogP contribution in [-0.4, -0.2) is 34.1 Å². The van der Waals surface area contributed by atoms with Crippen molar-refractivity contribution in [1.82, 2.24) is 15.2 Å². The Labute approximate surface area is 149 Å². The van der Waals surface area contributed by atoms with E-state index in [0.29, 0.717) is 11.2 Å². The Morgan fingerprint density at radius 2 is 1.92 bits per heavy atom. The summed E-state index contributed by atoms with van der Waals surface area (Å²) in [6, 6.07) is 14.7. The van der Waals surface area contributed by atoms with E-state index < -0.39 is 0 Å². The molecule has 1 saturated heterocycles. The molecule has 2 N–H and O–H groups in total. The van der Waals surface area contributed by atoms with E-state index in [1.165, 1.54) is 5.56 Å². The Balaban J connectivity index is 1.43. The fourth-order valence-electron chi connectivity index (χ4n) is 3.01. The molecule has 0 saturated carbocycles. The third-order valence-electron chi connectivity index (χ3n) is 4.43. The highest BCUT2D eigenvalue weighted by atomic mass is 32.1. The summed E-state index contributed by atoms with van der Waals surface area (Å²) in [6.07, 6.45) is 4.06. The molecule has 0 spiro atoms. The van der Waals surface area contributed by atoms with E-state index in [9.17, 15) is 0 Å². The Hall–Kier alpha value is -1.98. The van der Waals surface area contributed by atoms with E-state index in [4.69, 9.17) is 12.2 Å². The number of aryl methyl sites for hydroxylation is 1. The molecule has 0 bridgehead atoms. The van der Waals surface area contributed by atoms with E-state index in [2.05, 4.69) is 45.6 Å². The van der Waals surface area contributed by atoms with Crippen molar-refractivity contribution in [2.75, 3.05) is 18.4 Å². The first kappa shape index (κ1) is 16.9. The van der Waals surface area contributed by atoms with Gasteiger partial charge in [-0.1, -0.05) is 24.3 Å². The van der Waals surface area contributed by atoms with Gasteiger partial charge in [-0.25, -0.2) is 0 Å². The van der Waals surface area contributed by atoms with E-state index in [1.807, 2.05) is 30.5 Å². The Morgan fingerprint density at radius 1 is 1.17 bits per heavy atom.